The number of halogens is 4. The summed E-state index contributed by atoms with van der Waals surface area (Å²) in [6, 6.07) is 8.85. The number of ether oxygens (including phenoxy) is 2. The second-order valence-corrected chi connectivity index (χ2v) is 15.3. The smallest absolute Gasteiger partial charge is 0.393 e. The predicted octanol–water partition coefficient (Wildman–Crippen LogP) is 5.56. The van der Waals surface area contributed by atoms with Gasteiger partial charge >= 0.3 is 6.18 Å². The molecular formula is C31H38F4N3O4PS. The summed E-state index contributed by atoms with van der Waals surface area (Å²) in [4.78, 5) is 2.03. The lowest BCUT2D eigenvalue weighted by Gasteiger charge is -2.36. The van der Waals surface area contributed by atoms with Crippen molar-refractivity contribution in [3.05, 3.63) is 46.8 Å². The molecule has 1 aliphatic heterocycles. The van der Waals surface area contributed by atoms with Gasteiger partial charge in [0.2, 0.25) is 0 Å². The van der Waals surface area contributed by atoms with E-state index in [-0.39, 0.29) is 48.1 Å². The fourth-order valence-corrected chi connectivity index (χ4v) is 7.17. The normalized spacial score (nSPS) is 19.8. The van der Waals surface area contributed by atoms with Gasteiger partial charge in [-0.1, -0.05) is 24.0 Å². The molecule has 2 heterocycles. The number of benzene rings is 2. The molecule has 0 spiro atoms. The number of β-amino-alcohol motifs (C(OH)–C–C–N with tert-alkyl or cyclic N) is 1. The van der Waals surface area contributed by atoms with Crippen LogP contribution in [0.4, 0.5) is 28.9 Å². The van der Waals surface area contributed by atoms with E-state index in [1.165, 1.54) is 19.2 Å². The Hall–Kier alpha value is -2.81. The number of nitrogens with one attached hydrogen (secondary N) is 2. The van der Waals surface area contributed by atoms with Crippen LogP contribution in [0.1, 0.15) is 21.0 Å². The van der Waals surface area contributed by atoms with Crippen molar-refractivity contribution in [1.82, 2.24) is 4.90 Å². The first-order valence-corrected chi connectivity index (χ1v) is 17.4. The van der Waals surface area contributed by atoms with Gasteiger partial charge in [-0.05, 0) is 55.0 Å². The Kier molecular flexibility index (Phi) is 9.86. The van der Waals surface area contributed by atoms with E-state index in [0.29, 0.717) is 34.0 Å². The summed E-state index contributed by atoms with van der Waals surface area (Å²) in [6.45, 7) is 4.07. The quantitative estimate of drug-likeness (QED) is 0.142. The van der Waals surface area contributed by atoms with Crippen LogP contribution in [0.5, 0.6) is 5.75 Å². The number of thiophene rings is 1. The summed E-state index contributed by atoms with van der Waals surface area (Å²) < 4.78 is 102. The van der Waals surface area contributed by atoms with E-state index in [4.69, 9.17) is 13.6 Å². The highest BCUT2D eigenvalue weighted by Gasteiger charge is 2.33. The van der Waals surface area contributed by atoms with Crippen molar-refractivity contribution >= 4 is 45.2 Å². The largest absolute Gasteiger partial charge is 0.495 e. The van der Waals surface area contributed by atoms with Gasteiger partial charge in [0.05, 0.1) is 63.8 Å². The Labute approximate surface area is 263 Å². The number of nitrogens with zero attached hydrogens (tertiary/aromatic N) is 1. The molecular weight excluding hydrogens is 617 g/mol. The van der Waals surface area contributed by atoms with E-state index < -0.39 is 45.1 Å². The van der Waals surface area contributed by atoms with Gasteiger partial charge in [-0.25, -0.2) is 4.39 Å². The number of rotatable bonds is 11. The molecule has 3 atom stereocenters. The number of methoxy groups -OCH3 is 2. The van der Waals surface area contributed by atoms with Crippen molar-refractivity contribution in [3.8, 4) is 17.6 Å². The lowest BCUT2D eigenvalue weighted by atomic mass is 10.0. The Morgan fingerprint density at radius 2 is 2.07 bits per heavy atom. The van der Waals surface area contributed by atoms with E-state index >= 15 is 4.39 Å². The lowest BCUT2D eigenvalue weighted by molar-refractivity contribution is -0.126. The summed E-state index contributed by atoms with van der Waals surface area (Å²) in [6.07, 6.45) is -7.28. The molecule has 0 amide bonds. The highest BCUT2D eigenvalue weighted by atomic mass is 32.1. The average Bonchev–Trinajstić information content (AvgIpc) is 3.28. The van der Waals surface area contributed by atoms with Crippen molar-refractivity contribution in [3.63, 3.8) is 0 Å². The van der Waals surface area contributed by atoms with E-state index in [0.717, 1.165) is 11.3 Å². The van der Waals surface area contributed by atoms with Gasteiger partial charge in [0.1, 0.15) is 19.1 Å². The van der Waals surface area contributed by atoms with Crippen LogP contribution in [-0.2, 0) is 15.7 Å². The Morgan fingerprint density at radius 1 is 1.27 bits per heavy atom. The number of hydrogen-bond donors (Lipinski definition) is 3. The van der Waals surface area contributed by atoms with E-state index in [1.807, 2.05) is 4.90 Å². The summed E-state index contributed by atoms with van der Waals surface area (Å²) in [5.74, 6) is 5.62. The highest BCUT2D eigenvalue weighted by Crippen LogP contribution is 2.40. The summed E-state index contributed by atoms with van der Waals surface area (Å²) in [5.41, 5.74) is 0.800. The third-order valence-electron chi connectivity index (χ3n) is 7.26. The first-order chi connectivity index (χ1) is 21.9. The zero-order valence-corrected chi connectivity index (χ0v) is 26.3. The van der Waals surface area contributed by atoms with Gasteiger partial charge < -0.3 is 29.8 Å². The molecule has 0 radical (unpaired) electrons. The van der Waals surface area contributed by atoms with Crippen LogP contribution in [0.3, 0.4) is 0 Å². The Morgan fingerprint density at radius 3 is 2.75 bits per heavy atom. The van der Waals surface area contributed by atoms with Gasteiger partial charge in [-0.15, -0.1) is 11.3 Å². The molecule has 0 saturated carbocycles. The van der Waals surface area contributed by atoms with Gasteiger partial charge in [-0.3, -0.25) is 4.90 Å². The van der Waals surface area contributed by atoms with Crippen LogP contribution in [-0.4, -0.2) is 94.8 Å². The first-order valence-electron chi connectivity index (χ1n) is 15.5. The molecule has 1 aromatic heterocycles. The topological polar surface area (TPSA) is 83.1 Å². The van der Waals surface area contributed by atoms with Gasteiger partial charge in [-0.2, -0.15) is 13.2 Å². The van der Waals surface area contributed by atoms with Crippen LogP contribution in [0.2, 0.25) is 0 Å². The molecule has 3 aromatic rings. The van der Waals surface area contributed by atoms with Crippen LogP contribution in [0.15, 0.2) is 36.4 Å². The minimum Gasteiger partial charge on any atom is -0.495 e. The molecule has 1 saturated heterocycles. The molecule has 4 rings (SSSR count). The maximum Gasteiger partial charge on any atom is 0.393 e. The highest BCUT2D eigenvalue weighted by molar-refractivity contribution is 7.70. The maximum atomic E-state index is 15.2. The molecule has 0 aliphatic carbocycles. The summed E-state index contributed by atoms with van der Waals surface area (Å²) in [7, 11) is -4.01. The molecule has 44 heavy (non-hydrogen) atoms. The second-order valence-electron chi connectivity index (χ2n) is 11.1. The fraction of sp³-hybridized carbons (Fsp3) is 0.484. The van der Waals surface area contributed by atoms with Gasteiger partial charge in [0.15, 0.2) is 0 Å². The molecule has 0 bridgehead atoms. The zero-order chi connectivity index (χ0) is 34.6. The summed E-state index contributed by atoms with van der Waals surface area (Å²) >= 11 is 1.08. The van der Waals surface area contributed by atoms with Crippen LogP contribution < -0.4 is 20.7 Å². The number of piperidine rings is 1. The van der Waals surface area contributed by atoms with Crippen LogP contribution in [0, 0.1) is 11.8 Å². The average molecular weight is 659 g/mol. The standard InChI is InChI=1S/C31H38F4N3O4PS/c1-41-19-20(39)17-38-14-12-25(24(32)18-38)37-27-8-5-7-22-23(16-31(33,34)35)29(44-30(22)27)9-6-13-36-26-11-10-21(43(3,4)40)15-28(26)42-2/h5,7-8,10-11,15,20,24-25,36-37,39H,12-14,16-19H2,1-4H3/t20?,24-,25+/m1/s1/i2D3. The first kappa shape index (κ1) is 29.9. The monoisotopic (exact) mass is 658 g/mol. The third-order valence-corrected chi connectivity index (χ3v) is 9.97. The van der Waals surface area contributed by atoms with Gasteiger partial charge in [0.25, 0.3) is 0 Å². The van der Waals surface area contributed by atoms with E-state index in [9.17, 15) is 22.8 Å². The molecule has 13 heteroatoms. The lowest BCUT2D eigenvalue weighted by Crippen LogP contribution is -2.50. The SMILES string of the molecule is [2H]C([2H])([2H])Oc1cc(P(C)(C)=O)ccc1NCC#Cc1sc2c(N[C@H]3CCN(CC(O)COC)C[C@H]3F)cccc2c1CC(F)(F)F. The molecule has 7 nitrogen and oxygen atoms in total. The number of hydrogen-bond acceptors (Lipinski definition) is 8. The maximum absolute atomic E-state index is 15.2. The molecule has 1 fully saturated rings. The number of aliphatic hydroxyl groups is 1. The Bertz CT molecular complexity index is 1650. The minimum atomic E-state index is -4.50. The van der Waals surface area contributed by atoms with Crippen molar-refractivity contribution in [2.45, 2.75) is 37.3 Å². The summed E-state index contributed by atoms with van der Waals surface area (Å²) in [5, 5.41) is 16.9. The third kappa shape index (κ3) is 8.89. The van der Waals surface area contributed by atoms with Crippen molar-refractivity contribution in [2.24, 2.45) is 0 Å². The number of likely N-dealkylation sites (tertiary alicyclic amines) is 1. The fourth-order valence-electron chi connectivity index (χ4n) is 5.14. The van der Waals surface area contributed by atoms with Crippen LogP contribution in [0.25, 0.3) is 10.1 Å². The molecule has 2 aromatic carbocycles. The molecule has 240 valence electrons. The van der Waals surface area contributed by atoms with Crippen molar-refractivity contribution in [1.29, 1.82) is 0 Å². The van der Waals surface area contributed by atoms with Crippen molar-refractivity contribution < 1.29 is 40.8 Å². The predicted molar refractivity (Wildman–Crippen MR) is 170 cm³/mol. The minimum absolute atomic E-state index is 0.0184. The Balaban J connectivity index is 1.56. The molecule has 1 aliphatic rings. The molecule has 1 unspecified atom stereocenters. The number of aliphatic hydroxyl groups excluding tert-OH is 1. The second kappa shape index (κ2) is 14.5. The number of anilines is 2. The van der Waals surface area contributed by atoms with Crippen molar-refractivity contribution in [2.75, 3.05) is 70.9 Å². The molecule has 3 N–H and O–H groups in total. The van der Waals surface area contributed by atoms with Gasteiger partial charge in [0, 0.05) is 32.0 Å². The zero-order valence-electron chi connectivity index (χ0n) is 27.6. The van der Waals surface area contributed by atoms with E-state index in [1.54, 1.807) is 37.6 Å². The van der Waals surface area contributed by atoms with E-state index in [2.05, 4.69) is 22.5 Å². The number of alkyl halides is 4. The number of fused-ring (bicyclic) bond motifs is 1. The van der Waals surface area contributed by atoms with Crippen LogP contribution >= 0.6 is 18.5 Å².